The fourth-order valence-electron chi connectivity index (χ4n) is 2.80. The fraction of sp³-hybridized carbons (Fsp3) is 0.533. The van der Waals surface area contributed by atoms with Crippen LogP contribution in [0.15, 0.2) is 24.3 Å². The average Bonchev–Trinajstić information content (AvgIpc) is 2.48. The van der Waals surface area contributed by atoms with Gasteiger partial charge >= 0.3 is 0 Å². The van der Waals surface area contributed by atoms with Crippen LogP contribution in [0.5, 0.6) is 0 Å². The highest BCUT2D eigenvalue weighted by Crippen LogP contribution is 2.16. The minimum absolute atomic E-state index is 0.102. The van der Waals surface area contributed by atoms with Crippen LogP contribution in [-0.2, 0) is 22.5 Å². The number of nitrogens with one attached hydrogen (secondary N) is 2. The van der Waals surface area contributed by atoms with Crippen LogP contribution in [0.4, 0.5) is 0 Å². The molecule has 1 amide bonds. The molecule has 0 radical (unpaired) electrons. The lowest BCUT2D eigenvalue weighted by molar-refractivity contribution is -0.125. The first-order valence-electron chi connectivity index (χ1n) is 7.01. The second-order valence-corrected chi connectivity index (χ2v) is 5.33. The van der Waals surface area contributed by atoms with E-state index in [4.69, 9.17) is 4.74 Å². The van der Waals surface area contributed by atoms with Crippen LogP contribution < -0.4 is 10.6 Å². The van der Waals surface area contributed by atoms with E-state index in [-0.39, 0.29) is 18.0 Å². The summed E-state index contributed by atoms with van der Waals surface area (Å²) >= 11 is 0. The molecule has 0 saturated carbocycles. The quantitative estimate of drug-likeness (QED) is 0.834. The van der Waals surface area contributed by atoms with Crippen molar-refractivity contribution in [2.24, 2.45) is 0 Å². The molecule has 0 spiro atoms. The number of benzene rings is 1. The Morgan fingerprint density at radius 3 is 2.95 bits per heavy atom. The summed E-state index contributed by atoms with van der Waals surface area (Å²) in [5, 5.41) is 6.40. The van der Waals surface area contributed by atoms with E-state index < -0.39 is 0 Å². The number of carbonyl (C=O) groups excluding carboxylic acids is 1. The van der Waals surface area contributed by atoms with Crippen molar-refractivity contribution in [2.45, 2.75) is 37.9 Å². The maximum Gasteiger partial charge on any atom is 0.237 e. The first-order chi connectivity index (χ1) is 9.33. The Balaban J connectivity index is 1.59. The van der Waals surface area contributed by atoms with Gasteiger partial charge in [-0.3, -0.25) is 4.79 Å². The van der Waals surface area contributed by atoms with E-state index in [1.54, 1.807) is 0 Å². The Morgan fingerprint density at radius 2 is 2.16 bits per heavy atom. The first kappa shape index (κ1) is 12.6. The second-order valence-electron chi connectivity index (χ2n) is 5.33. The number of amides is 1. The van der Waals surface area contributed by atoms with Crippen molar-refractivity contribution < 1.29 is 9.53 Å². The Hall–Kier alpha value is -1.39. The third-order valence-electron chi connectivity index (χ3n) is 3.90. The number of rotatable bonds is 2. The third-order valence-corrected chi connectivity index (χ3v) is 3.90. The number of carbonyl (C=O) groups is 1. The van der Waals surface area contributed by atoms with Gasteiger partial charge in [0, 0.05) is 13.2 Å². The number of fused-ring (bicyclic) bond motifs is 1. The molecular weight excluding hydrogens is 240 g/mol. The molecule has 0 aromatic heterocycles. The van der Waals surface area contributed by atoms with Crippen LogP contribution in [0.2, 0.25) is 0 Å². The minimum atomic E-state index is -0.114. The Bertz CT molecular complexity index is 455. The molecular formula is C15H20N2O2. The predicted molar refractivity (Wildman–Crippen MR) is 72.8 cm³/mol. The summed E-state index contributed by atoms with van der Waals surface area (Å²) in [6.45, 7) is 2.24. The molecule has 0 bridgehead atoms. The number of ether oxygens (including phenoxy) is 1. The van der Waals surface area contributed by atoms with Gasteiger partial charge in [0.2, 0.25) is 5.91 Å². The lowest BCUT2D eigenvalue weighted by atomic mass is 9.95. The van der Waals surface area contributed by atoms with Gasteiger partial charge in [0.25, 0.3) is 0 Å². The molecule has 1 saturated heterocycles. The Kier molecular flexibility index (Phi) is 3.80. The van der Waals surface area contributed by atoms with E-state index in [9.17, 15) is 4.79 Å². The average molecular weight is 260 g/mol. The van der Waals surface area contributed by atoms with Crippen LogP contribution in [0.1, 0.15) is 24.0 Å². The van der Waals surface area contributed by atoms with Crippen LogP contribution in [-0.4, -0.2) is 31.2 Å². The van der Waals surface area contributed by atoms with Crippen molar-refractivity contribution in [2.75, 3.05) is 13.2 Å². The lowest BCUT2D eigenvalue weighted by Gasteiger charge is -2.29. The van der Waals surface area contributed by atoms with Crippen molar-refractivity contribution in [3.63, 3.8) is 0 Å². The molecule has 1 unspecified atom stereocenters. The zero-order valence-corrected chi connectivity index (χ0v) is 11.0. The first-order valence-corrected chi connectivity index (χ1v) is 7.01. The van der Waals surface area contributed by atoms with Gasteiger partial charge in [0.1, 0.15) is 0 Å². The van der Waals surface area contributed by atoms with Crippen molar-refractivity contribution in [3.8, 4) is 0 Å². The molecule has 4 nitrogen and oxygen atoms in total. The Morgan fingerprint density at radius 1 is 1.32 bits per heavy atom. The molecule has 1 aromatic carbocycles. The molecule has 4 heteroatoms. The van der Waals surface area contributed by atoms with E-state index in [1.165, 1.54) is 11.1 Å². The summed E-state index contributed by atoms with van der Waals surface area (Å²) < 4.78 is 5.39. The van der Waals surface area contributed by atoms with E-state index in [2.05, 4.69) is 22.8 Å². The van der Waals surface area contributed by atoms with Crippen LogP contribution in [0.3, 0.4) is 0 Å². The zero-order chi connectivity index (χ0) is 13.1. The van der Waals surface area contributed by atoms with Crippen molar-refractivity contribution >= 4 is 5.91 Å². The molecule has 102 valence electrons. The molecule has 19 heavy (non-hydrogen) atoms. The van der Waals surface area contributed by atoms with Gasteiger partial charge in [-0.15, -0.1) is 0 Å². The van der Waals surface area contributed by atoms with Gasteiger partial charge < -0.3 is 15.4 Å². The molecule has 1 fully saturated rings. The summed E-state index contributed by atoms with van der Waals surface area (Å²) in [5.41, 5.74) is 2.58. The smallest absolute Gasteiger partial charge is 0.237 e. The van der Waals surface area contributed by atoms with Crippen molar-refractivity contribution in [3.05, 3.63) is 35.4 Å². The van der Waals surface area contributed by atoms with Gasteiger partial charge in [-0.25, -0.2) is 0 Å². The minimum Gasteiger partial charge on any atom is -0.379 e. The van der Waals surface area contributed by atoms with Gasteiger partial charge in [-0.1, -0.05) is 24.3 Å². The van der Waals surface area contributed by atoms with E-state index in [0.717, 1.165) is 32.4 Å². The molecule has 2 N–H and O–H groups in total. The highest BCUT2D eigenvalue weighted by Gasteiger charge is 2.26. The fourth-order valence-corrected chi connectivity index (χ4v) is 2.80. The number of hydrogen-bond acceptors (Lipinski definition) is 3. The van der Waals surface area contributed by atoms with Gasteiger partial charge in [0.05, 0.1) is 18.7 Å². The third kappa shape index (κ3) is 2.96. The topological polar surface area (TPSA) is 50.4 Å². The van der Waals surface area contributed by atoms with Crippen LogP contribution in [0, 0.1) is 0 Å². The molecule has 1 aromatic rings. The summed E-state index contributed by atoms with van der Waals surface area (Å²) in [4.78, 5) is 12.2. The second kappa shape index (κ2) is 5.72. The number of hydrogen-bond donors (Lipinski definition) is 2. The summed E-state index contributed by atoms with van der Waals surface area (Å²) in [5.74, 6) is 0.102. The predicted octanol–water partition coefficient (Wildman–Crippen LogP) is 0.996. The Labute approximate surface area is 113 Å². The molecule has 2 aliphatic heterocycles. The van der Waals surface area contributed by atoms with Gasteiger partial charge in [-0.2, -0.15) is 0 Å². The maximum atomic E-state index is 12.2. The summed E-state index contributed by atoms with van der Waals surface area (Å²) in [6.07, 6.45) is 2.83. The zero-order valence-electron chi connectivity index (χ0n) is 11.0. The van der Waals surface area contributed by atoms with Gasteiger partial charge in [0.15, 0.2) is 0 Å². The molecule has 2 heterocycles. The van der Waals surface area contributed by atoms with Crippen molar-refractivity contribution in [1.29, 1.82) is 0 Å². The standard InChI is InChI=1S/C15H20N2O2/c18-15(17-13-6-3-7-19-10-13)14-8-11-4-1-2-5-12(11)9-16-14/h1-2,4-5,13-14,16H,3,6-10H2,(H,17,18)/t13?,14-/m1/s1. The highest BCUT2D eigenvalue weighted by molar-refractivity contribution is 5.82. The highest BCUT2D eigenvalue weighted by atomic mass is 16.5. The molecule has 2 aliphatic rings. The van der Waals surface area contributed by atoms with E-state index >= 15 is 0 Å². The lowest BCUT2D eigenvalue weighted by Crippen LogP contribution is -2.52. The monoisotopic (exact) mass is 260 g/mol. The van der Waals surface area contributed by atoms with Crippen LogP contribution in [0.25, 0.3) is 0 Å². The molecule has 0 aliphatic carbocycles. The van der Waals surface area contributed by atoms with Gasteiger partial charge in [-0.05, 0) is 30.4 Å². The molecule has 3 rings (SSSR count). The van der Waals surface area contributed by atoms with Crippen molar-refractivity contribution in [1.82, 2.24) is 10.6 Å². The largest absolute Gasteiger partial charge is 0.379 e. The normalized spacial score (nSPS) is 26.5. The van der Waals surface area contributed by atoms with E-state index in [1.807, 2.05) is 12.1 Å². The van der Waals surface area contributed by atoms with E-state index in [0.29, 0.717) is 6.61 Å². The molecule has 2 atom stereocenters. The maximum absolute atomic E-state index is 12.2. The summed E-state index contributed by atoms with van der Waals surface area (Å²) in [7, 11) is 0. The summed E-state index contributed by atoms with van der Waals surface area (Å²) in [6, 6.07) is 8.37. The van der Waals surface area contributed by atoms with Crippen LogP contribution >= 0.6 is 0 Å². The SMILES string of the molecule is O=C(NC1CCCOC1)[C@H]1Cc2ccccc2CN1.